The van der Waals surface area contributed by atoms with E-state index in [1.807, 2.05) is 13.8 Å². The average Bonchev–Trinajstić information content (AvgIpc) is 3.58. The highest BCUT2D eigenvalue weighted by Crippen LogP contribution is 2.24. The average molecular weight is 508 g/mol. The lowest BCUT2D eigenvalue weighted by molar-refractivity contribution is -0.136. The number of carbonyl (C=O) groups excluding carboxylic acids is 1. The molecule has 0 spiro atoms. The first-order valence-electron chi connectivity index (χ1n) is 12.3. The highest BCUT2D eigenvalue weighted by atomic mass is 32.2. The molecule has 0 radical (unpaired) electrons. The van der Waals surface area contributed by atoms with Crippen molar-refractivity contribution in [3.63, 3.8) is 0 Å². The summed E-state index contributed by atoms with van der Waals surface area (Å²) >= 11 is 0. The van der Waals surface area contributed by atoms with Crippen molar-refractivity contribution in [2.45, 2.75) is 75.7 Å². The zero-order chi connectivity index (χ0) is 25.0. The first-order chi connectivity index (χ1) is 16.7. The fourth-order valence-corrected chi connectivity index (χ4v) is 6.18. The lowest BCUT2D eigenvalue weighted by Crippen LogP contribution is -2.40. The number of hydrogen-bond acceptors (Lipinski definition) is 6. The van der Waals surface area contributed by atoms with Crippen LogP contribution >= 0.6 is 0 Å². The highest BCUT2D eigenvalue weighted by Gasteiger charge is 2.30. The Hall–Kier alpha value is -2.30. The van der Waals surface area contributed by atoms with Gasteiger partial charge < -0.3 is 18.9 Å². The van der Waals surface area contributed by atoms with Gasteiger partial charge in [-0.2, -0.15) is 0 Å². The van der Waals surface area contributed by atoms with Gasteiger partial charge in [-0.15, -0.1) is 0 Å². The van der Waals surface area contributed by atoms with Crippen molar-refractivity contribution in [1.29, 1.82) is 0 Å². The minimum atomic E-state index is -3.95. The van der Waals surface area contributed by atoms with Crippen molar-refractivity contribution in [2.24, 2.45) is 5.92 Å². The van der Waals surface area contributed by atoms with Crippen LogP contribution in [0, 0.1) is 11.7 Å². The minimum Gasteiger partial charge on any atom is -0.376 e. The highest BCUT2D eigenvalue weighted by molar-refractivity contribution is 7.90. The van der Waals surface area contributed by atoms with Gasteiger partial charge >= 0.3 is 0 Å². The lowest BCUT2D eigenvalue weighted by atomic mass is 10.1. The Balaban J connectivity index is 1.65. The molecular weight excluding hydrogens is 473 g/mol. The molecule has 2 aliphatic heterocycles. The van der Waals surface area contributed by atoms with E-state index < -0.39 is 21.4 Å². The molecule has 0 N–H and O–H groups in total. The molecule has 4 rings (SSSR count). The minimum absolute atomic E-state index is 0.0267. The maximum absolute atomic E-state index is 14.2. The third-order valence-electron chi connectivity index (χ3n) is 6.50. The van der Waals surface area contributed by atoms with Crippen molar-refractivity contribution in [3.8, 4) is 0 Å². The Labute approximate surface area is 206 Å². The van der Waals surface area contributed by atoms with Crippen molar-refractivity contribution in [3.05, 3.63) is 47.5 Å². The molecule has 0 aliphatic carbocycles. The van der Waals surface area contributed by atoms with Gasteiger partial charge in [-0.05, 0) is 31.7 Å². The molecule has 2 atom stereocenters. The molecule has 8 nitrogen and oxygen atoms in total. The number of benzene rings is 1. The standard InChI is InChI=1S/C25H34FN3O5S/c1-18(2)24(30)28(15-21-8-5-11-33-21)14-20-13-27-25(29(20)16-22-9-6-12-34-22)35(31,32)17-19-7-3-4-10-23(19)26/h3-4,7,10,13,18,21-22H,5-6,8-9,11-12,14-17H2,1-2H3/t21-,22-/m0/s1. The molecule has 1 aromatic heterocycles. The number of halogens is 1. The number of ether oxygens (including phenoxy) is 2. The van der Waals surface area contributed by atoms with E-state index in [0.717, 1.165) is 25.7 Å². The molecule has 2 fully saturated rings. The molecule has 1 aromatic carbocycles. The van der Waals surface area contributed by atoms with Crippen LogP contribution in [0.5, 0.6) is 0 Å². The van der Waals surface area contributed by atoms with Crippen LogP contribution in [-0.2, 0) is 42.9 Å². The second kappa shape index (κ2) is 11.2. The van der Waals surface area contributed by atoms with Gasteiger partial charge in [-0.1, -0.05) is 32.0 Å². The van der Waals surface area contributed by atoms with Gasteiger partial charge in [-0.3, -0.25) is 4.79 Å². The third-order valence-corrected chi connectivity index (χ3v) is 8.07. The van der Waals surface area contributed by atoms with Crippen LogP contribution in [0.1, 0.15) is 50.8 Å². The number of carbonyl (C=O) groups is 1. The summed E-state index contributed by atoms with van der Waals surface area (Å²) in [6.07, 6.45) is 4.91. The molecule has 2 aliphatic rings. The van der Waals surface area contributed by atoms with Crippen molar-refractivity contribution in [2.75, 3.05) is 19.8 Å². The van der Waals surface area contributed by atoms with Crippen LogP contribution in [0.25, 0.3) is 0 Å². The Morgan fingerprint density at radius 3 is 2.49 bits per heavy atom. The van der Waals surface area contributed by atoms with E-state index in [1.54, 1.807) is 15.5 Å². The zero-order valence-electron chi connectivity index (χ0n) is 20.4. The van der Waals surface area contributed by atoms with Crippen molar-refractivity contribution < 1.29 is 27.1 Å². The molecule has 0 bridgehead atoms. The van der Waals surface area contributed by atoms with Gasteiger partial charge in [0.2, 0.25) is 20.9 Å². The number of hydrogen-bond donors (Lipinski definition) is 0. The van der Waals surface area contributed by atoms with Gasteiger partial charge in [0.1, 0.15) is 5.82 Å². The molecule has 2 saturated heterocycles. The van der Waals surface area contributed by atoms with Crippen LogP contribution in [-0.4, -0.2) is 60.7 Å². The molecule has 0 saturated carbocycles. The summed E-state index contributed by atoms with van der Waals surface area (Å²) in [5, 5.41) is -0.125. The van der Waals surface area contributed by atoms with Crippen molar-refractivity contribution in [1.82, 2.24) is 14.5 Å². The molecule has 10 heteroatoms. The number of aromatic nitrogens is 2. The predicted molar refractivity (Wildman–Crippen MR) is 128 cm³/mol. The first kappa shape index (κ1) is 25.8. The quantitative estimate of drug-likeness (QED) is 0.490. The smallest absolute Gasteiger partial charge is 0.228 e. The second-order valence-electron chi connectivity index (χ2n) is 9.64. The predicted octanol–water partition coefficient (Wildman–Crippen LogP) is 3.34. The molecule has 1 amide bonds. The van der Waals surface area contributed by atoms with Gasteiger partial charge in [0.25, 0.3) is 0 Å². The van der Waals surface area contributed by atoms with E-state index in [-0.39, 0.29) is 41.3 Å². The van der Waals surface area contributed by atoms with Crippen molar-refractivity contribution >= 4 is 15.7 Å². The summed E-state index contributed by atoms with van der Waals surface area (Å²) in [4.78, 5) is 19.0. The number of nitrogens with zero attached hydrogens (tertiary/aromatic N) is 3. The Morgan fingerprint density at radius 2 is 1.86 bits per heavy atom. The molecular formula is C25H34FN3O5S. The van der Waals surface area contributed by atoms with Gasteiger partial charge in [-0.25, -0.2) is 17.8 Å². The summed E-state index contributed by atoms with van der Waals surface area (Å²) in [7, 11) is -3.95. The Kier molecular flexibility index (Phi) is 8.23. The van der Waals surface area contributed by atoms with Crippen LogP contribution < -0.4 is 0 Å². The molecule has 3 heterocycles. The largest absolute Gasteiger partial charge is 0.376 e. The fourth-order valence-electron chi connectivity index (χ4n) is 4.67. The summed E-state index contributed by atoms with van der Waals surface area (Å²) in [5.74, 6) is -1.30. The molecule has 2 aromatic rings. The fraction of sp³-hybridized carbons (Fsp3) is 0.600. The van der Waals surface area contributed by atoms with Gasteiger partial charge in [0, 0.05) is 31.2 Å². The third kappa shape index (κ3) is 6.29. The monoisotopic (exact) mass is 507 g/mol. The van der Waals surface area contributed by atoms with Crippen LogP contribution in [0.4, 0.5) is 4.39 Å². The molecule has 0 unspecified atom stereocenters. The lowest BCUT2D eigenvalue weighted by Gasteiger charge is -2.28. The van der Waals surface area contributed by atoms with E-state index in [1.165, 1.54) is 24.4 Å². The van der Waals surface area contributed by atoms with E-state index in [2.05, 4.69) is 4.98 Å². The van der Waals surface area contributed by atoms with Gasteiger partial charge in [0.05, 0.1) is 42.9 Å². The Bertz CT molecular complexity index is 1120. The van der Waals surface area contributed by atoms with E-state index in [9.17, 15) is 17.6 Å². The number of rotatable bonds is 10. The number of imidazole rings is 1. The van der Waals surface area contributed by atoms with E-state index in [4.69, 9.17) is 9.47 Å². The summed E-state index contributed by atoms with van der Waals surface area (Å²) < 4.78 is 54.2. The summed E-state index contributed by atoms with van der Waals surface area (Å²) in [6, 6.07) is 5.84. The van der Waals surface area contributed by atoms with E-state index >= 15 is 0 Å². The zero-order valence-corrected chi connectivity index (χ0v) is 21.2. The maximum atomic E-state index is 14.2. The number of amides is 1. The summed E-state index contributed by atoms with van der Waals surface area (Å²) in [6.45, 7) is 5.97. The first-order valence-corrected chi connectivity index (χ1v) is 13.9. The molecule has 35 heavy (non-hydrogen) atoms. The Morgan fingerprint density at radius 1 is 1.17 bits per heavy atom. The van der Waals surface area contributed by atoms with E-state index in [0.29, 0.717) is 32.0 Å². The molecule has 192 valence electrons. The normalized spacial score (nSPS) is 20.6. The van der Waals surface area contributed by atoms with Crippen LogP contribution in [0.15, 0.2) is 35.6 Å². The SMILES string of the molecule is CC(C)C(=O)N(Cc1cnc(S(=O)(=O)Cc2ccccc2F)n1C[C@@H]1CCCO1)C[C@@H]1CCCO1. The second-order valence-corrected chi connectivity index (χ2v) is 11.5. The van der Waals surface area contributed by atoms with Gasteiger partial charge in [0.15, 0.2) is 0 Å². The topological polar surface area (TPSA) is 90.7 Å². The maximum Gasteiger partial charge on any atom is 0.228 e. The number of sulfone groups is 1. The van der Waals surface area contributed by atoms with Crippen LogP contribution in [0.3, 0.4) is 0 Å². The van der Waals surface area contributed by atoms with Crippen LogP contribution in [0.2, 0.25) is 0 Å². The summed E-state index contributed by atoms with van der Waals surface area (Å²) in [5.41, 5.74) is 0.704.